The average Bonchev–Trinajstić information content (AvgIpc) is 2.85. The van der Waals surface area contributed by atoms with E-state index in [4.69, 9.17) is 5.11 Å². The maximum atomic E-state index is 9.14. The molecule has 18 heavy (non-hydrogen) atoms. The van der Waals surface area contributed by atoms with Crippen LogP contribution in [0.3, 0.4) is 0 Å². The van der Waals surface area contributed by atoms with Gasteiger partial charge in [0.25, 0.3) is 0 Å². The van der Waals surface area contributed by atoms with Crippen molar-refractivity contribution < 1.29 is 5.11 Å². The lowest BCUT2D eigenvalue weighted by molar-refractivity contribution is 0.282. The first-order chi connectivity index (χ1) is 8.78. The van der Waals surface area contributed by atoms with Gasteiger partial charge in [-0.2, -0.15) is 0 Å². The number of nitrogens with zero attached hydrogens (tertiary/aromatic N) is 3. The van der Waals surface area contributed by atoms with E-state index in [1.54, 1.807) is 0 Å². The molecule has 0 radical (unpaired) electrons. The average molecular weight is 243 g/mol. The molecule has 3 rings (SSSR count). The Morgan fingerprint density at radius 1 is 1.33 bits per heavy atom. The van der Waals surface area contributed by atoms with Crippen LogP contribution in [0.4, 0.5) is 5.69 Å². The fraction of sp³-hybridized carbons (Fsp3) is 0.357. The largest absolute Gasteiger partial charge is 0.392 e. The molecule has 0 atom stereocenters. The van der Waals surface area contributed by atoms with Gasteiger partial charge in [0.2, 0.25) is 0 Å². The van der Waals surface area contributed by atoms with Gasteiger partial charge >= 0.3 is 0 Å². The first kappa shape index (κ1) is 11.3. The van der Waals surface area contributed by atoms with E-state index in [1.807, 2.05) is 18.5 Å². The maximum Gasteiger partial charge on any atom is 0.128 e. The first-order valence-corrected chi connectivity index (χ1v) is 6.23. The number of aromatic nitrogens is 2. The van der Waals surface area contributed by atoms with Gasteiger partial charge in [0.05, 0.1) is 13.2 Å². The van der Waals surface area contributed by atoms with Crippen LogP contribution in [0.15, 0.2) is 30.6 Å². The van der Waals surface area contributed by atoms with E-state index in [0.717, 1.165) is 31.0 Å². The quantitative estimate of drug-likeness (QED) is 0.873. The van der Waals surface area contributed by atoms with Gasteiger partial charge in [-0.25, -0.2) is 4.98 Å². The molecule has 0 unspecified atom stereocenters. The number of hydrogen-bond donors (Lipinski definition) is 1. The minimum Gasteiger partial charge on any atom is -0.392 e. The number of rotatable bonds is 2. The summed E-state index contributed by atoms with van der Waals surface area (Å²) in [4.78, 5) is 6.72. The fourth-order valence-corrected chi connectivity index (χ4v) is 2.55. The predicted molar refractivity (Wildman–Crippen MR) is 70.4 cm³/mol. The Hall–Kier alpha value is -1.81. The zero-order valence-corrected chi connectivity index (χ0v) is 10.5. The Kier molecular flexibility index (Phi) is 2.80. The summed E-state index contributed by atoms with van der Waals surface area (Å²) in [5, 5.41) is 9.14. The van der Waals surface area contributed by atoms with Gasteiger partial charge in [-0.05, 0) is 24.1 Å². The van der Waals surface area contributed by atoms with E-state index in [0.29, 0.717) is 0 Å². The molecule has 2 aromatic rings. The topological polar surface area (TPSA) is 41.3 Å². The van der Waals surface area contributed by atoms with Crippen LogP contribution in [0.25, 0.3) is 0 Å². The predicted octanol–water partition coefficient (Wildman–Crippen LogP) is 1.70. The fourth-order valence-electron chi connectivity index (χ4n) is 2.55. The smallest absolute Gasteiger partial charge is 0.128 e. The lowest BCUT2D eigenvalue weighted by Crippen LogP contribution is -2.34. The Balaban J connectivity index is 1.88. The van der Waals surface area contributed by atoms with Crippen LogP contribution in [0.1, 0.15) is 17.0 Å². The van der Waals surface area contributed by atoms with Crippen LogP contribution in [0, 0.1) is 6.92 Å². The second-order valence-corrected chi connectivity index (χ2v) is 4.74. The first-order valence-electron chi connectivity index (χ1n) is 6.23. The van der Waals surface area contributed by atoms with Crippen molar-refractivity contribution in [2.75, 3.05) is 11.4 Å². The molecule has 0 fully saturated rings. The van der Waals surface area contributed by atoms with Crippen molar-refractivity contribution in [1.29, 1.82) is 0 Å². The number of anilines is 1. The highest BCUT2D eigenvalue weighted by Crippen LogP contribution is 2.25. The second kappa shape index (κ2) is 4.46. The van der Waals surface area contributed by atoms with E-state index in [-0.39, 0.29) is 6.61 Å². The van der Waals surface area contributed by atoms with Crippen molar-refractivity contribution in [3.8, 4) is 0 Å². The van der Waals surface area contributed by atoms with Gasteiger partial charge in [-0.3, -0.25) is 0 Å². The molecule has 1 aromatic heterocycles. The highest BCUT2D eigenvalue weighted by molar-refractivity contribution is 5.54. The molecule has 1 N–H and O–H groups in total. The SMILES string of the molecule is Cc1cc(CO)ccc1N1CCn2ccnc2C1. The molecule has 0 saturated heterocycles. The van der Waals surface area contributed by atoms with E-state index in [1.165, 1.54) is 11.3 Å². The summed E-state index contributed by atoms with van der Waals surface area (Å²) < 4.78 is 2.20. The summed E-state index contributed by atoms with van der Waals surface area (Å²) in [7, 11) is 0. The molecule has 1 aromatic carbocycles. The van der Waals surface area contributed by atoms with Crippen molar-refractivity contribution >= 4 is 5.69 Å². The second-order valence-electron chi connectivity index (χ2n) is 4.74. The third kappa shape index (κ3) is 1.88. The molecule has 2 heterocycles. The molecule has 0 aliphatic carbocycles. The number of hydrogen-bond acceptors (Lipinski definition) is 3. The molecule has 94 valence electrons. The molecule has 4 nitrogen and oxygen atoms in total. The normalized spacial score (nSPS) is 14.7. The van der Waals surface area contributed by atoms with Crippen LogP contribution >= 0.6 is 0 Å². The van der Waals surface area contributed by atoms with Gasteiger partial charge in [0.15, 0.2) is 0 Å². The van der Waals surface area contributed by atoms with Crippen molar-refractivity contribution in [2.24, 2.45) is 0 Å². The Labute approximate surface area is 107 Å². The van der Waals surface area contributed by atoms with Gasteiger partial charge in [-0.1, -0.05) is 12.1 Å². The third-order valence-corrected chi connectivity index (χ3v) is 3.53. The Morgan fingerprint density at radius 2 is 2.22 bits per heavy atom. The monoisotopic (exact) mass is 243 g/mol. The van der Waals surface area contributed by atoms with Crippen LogP contribution in [-0.2, 0) is 19.7 Å². The molecule has 4 heteroatoms. The van der Waals surface area contributed by atoms with E-state index >= 15 is 0 Å². The summed E-state index contributed by atoms with van der Waals surface area (Å²) in [5.74, 6) is 1.12. The highest BCUT2D eigenvalue weighted by Gasteiger charge is 2.18. The maximum absolute atomic E-state index is 9.14. The number of aliphatic hydroxyl groups is 1. The molecular weight excluding hydrogens is 226 g/mol. The van der Waals surface area contributed by atoms with Crippen molar-refractivity contribution in [3.63, 3.8) is 0 Å². The van der Waals surface area contributed by atoms with Gasteiger partial charge in [0, 0.05) is 31.2 Å². The van der Waals surface area contributed by atoms with Crippen molar-refractivity contribution in [2.45, 2.75) is 26.6 Å². The molecule has 1 aliphatic heterocycles. The summed E-state index contributed by atoms with van der Waals surface area (Å²) in [6.45, 7) is 5.03. The summed E-state index contributed by atoms with van der Waals surface area (Å²) in [6.07, 6.45) is 3.90. The number of aliphatic hydroxyl groups excluding tert-OH is 1. The zero-order chi connectivity index (χ0) is 12.5. The van der Waals surface area contributed by atoms with Gasteiger partial charge in [-0.15, -0.1) is 0 Å². The number of imidazole rings is 1. The van der Waals surface area contributed by atoms with Crippen LogP contribution in [0.2, 0.25) is 0 Å². The molecule has 1 aliphatic rings. The van der Waals surface area contributed by atoms with Crippen LogP contribution < -0.4 is 4.90 Å². The van der Waals surface area contributed by atoms with E-state index in [2.05, 4.69) is 33.5 Å². The molecule has 0 spiro atoms. The lowest BCUT2D eigenvalue weighted by atomic mass is 10.1. The Morgan fingerprint density at radius 3 is 3.00 bits per heavy atom. The number of aryl methyl sites for hydroxylation is 1. The van der Waals surface area contributed by atoms with Crippen LogP contribution in [-0.4, -0.2) is 21.2 Å². The minimum atomic E-state index is 0.103. The molecular formula is C14H17N3O. The summed E-state index contributed by atoms with van der Waals surface area (Å²) >= 11 is 0. The van der Waals surface area contributed by atoms with Gasteiger partial charge < -0.3 is 14.6 Å². The molecule has 0 amide bonds. The highest BCUT2D eigenvalue weighted by atomic mass is 16.3. The number of fused-ring (bicyclic) bond motifs is 1. The van der Waals surface area contributed by atoms with Crippen molar-refractivity contribution in [3.05, 3.63) is 47.5 Å². The van der Waals surface area contributed by atoms with Crippen molar-refractivity contribution in [1.82, 2.24) is 9.55 Å². The minimum absolute atomic E-state index is 0.103. The Bertz CT molecular complexity index is 562. The summed E-state index contributed by atoms with van der Waals surface area (Å²) in [5.41, 5.74) is 3.41. The zero-order valence-electron chi connectivity index (χ0n) is 10.5. The van der Waals surface area contributed by atoms with E-state index < -0.39 is 0 Å². The molecule has 0 bridgehead atoms. The van der Waals surface area contributed by atoms with Gasteiger partial charge in [0.1, 0.15) is 5.82 Å². The molecule has 0 saturated carbocycles. The number of benzene rings is 1. The van der Waals surface area contributed by atoms with E-state index in [9.17, 15) is 0 Å². The summed E-state index contributed by atoms with van der Waals surface area (Å²) in [6, 6.07) is 6.14. The lowest BCUT2D eigenvalue weighted by Gasteiger charge is -2.31. The standard InChI is InChI=1S/C14H17N3O/c1-11-8-12(10-18)2-3-13(11)17-7-6-16-5-4-15-14(16)9-17/h2-5,8,18H,6-7,9-10H2,1H3. The van der Waals surface area contributed by atoms with Crippen LogP contribution in [0.5, 0.6) is 0 Å². The third-order valence-electron chi connectivity index (χ3n) is 3.53.